The molecule has 31 heavy (non-hydrogen) atoms. The Morgan fingerprint density at radius 2 is 1.97 bits per heavy atom. The maximum absolute atomic E-state index is 12.3. The van der Waals surface area contributed by atoms with E-state index in [2.05, 4.69) is 20.3 Å². The quantitative estimate of drug-likeness (QED) is 0.252. The van der Waals surface area contributed by atoms with Crippen LogP contribution in [0, 0.1) is 0 Å². The Kier molecular flexibility index (Phi) is 7.64. The largest absolute Gasteiger partial charge is 0.394 e. The number of aromatic nitrogens is 4. The molecule has 0 aromatic carbocycles. The summed E-state index contributed by atoms with van der Waals surface area (Å²) < 4.78 is 24.7. The van der Waals surface area contributed by atoms with Gasteiger partial charge in [0.05, 0.1) is 25.1 Å². The highest BCUT2D eigenvalue weighted by molar-refractivity contribution is 7.54. The van der Waals surface area contributed by atoms with Crippen molar-refractivity contribution in [3.05, 3.63) is 6.33 Å². The van der Waals surface area contributed by atoms with Crippen molar-refractivity contribution in [1.29, 1.82) is 0 Å². The van der Waals surface area contributed by atoms with Crippen LogP contribution >= 0.6 is 7.60 Å². The molecular weight excluding hydrogens is 431 g/mol. The molecule has 0 amide bonds. The van der Waals surface area contributed by atoms with E-state index < -0.39 is 37.5 Å². The minimum atomic E-state index is -4.32. The van der Waals surface area contributed by atoms with E-state index in [0.29, 0.717) is 11.3 Å². The summed E-state index contributed by atoms with van der Waals surface area (Å²) >= 11 is 0. The van der Waals surface area contributed by atoms with Crippen molar-refractivity contribution >= 4 is 30.5 Å². The second-order valence-corrected chi connectivity index (χ2v) is 10.4. The molecule has 2 aromatic rings. The smallest absolute Gasteiger partial charge is 0.359 e. The number of hydrogen-bond donors (Lipinski definition) is 6. The molecule has 14 heteroatoms. The third kappa shape index (κ3) is 5.89. The summed E-state index contributed by atoms with van der Waals surface area (Å²) in [4.78, 5) is 22.4. The molecule has 0 saturated carbocycles. The summed E-state index contributed by atoms with van der Waals surface area (Å²) in [6, 6.07) is 0. The number of ether oxygens (including phenoxy) is 1. The Hall–Kier alpha value is -1.86. The topological polar surface area (TPSA) is 198 Å². The fourth-order valence-corrected chi connectivity index (χ4v) is 3.66. The first-order valence-corrected chi connectivity index (χ1v) is 11.1. The predicted octanol–water partition coefficient (Wildman–Crippen LogP) is 0.418. The van der Waals surface area contributed by atoms with Crippen LogP contribution in [0.4, 0.5) is 11.8 Å². The minimum Gasteiger partial charge on any atom is -0.394 e. The van der Waals surface area contributed by atoms with Crippen molar-refractivity contribution in [3.8, 4) is 0 Å². The lowest BCUT2D eigenvalue weighted by Crippen LogP contribution is -2.33. The number of fused-ring (bicyclic) bond motifs is 1. The van der Waals surface area contributed by atoms with Gasteiger partial charge in [-0.1, -0.05) is 0 Å². The standard InChI is InChI=1S/C17H31N6O7P/c1-16(2,30-31(27,28)17(3,4)26)6-7-29-14(10(25)8-24)23-9-20-11-12(19-5)21-15(18)22-13(11)23/h9-10,14,24-26H,6-8H2,1-5H3,(H,27,28)(H3,18,19,21,22)/t10-,14-/m1/s1. The number of nitrogens with one attached hydrogen (secondary N) is 1. The Morgan fingerprint density at radius 1 is 1.32 bits per heavy atom. The van der Waals surface area contributed by atoms with Gasteiger partial charge in [-0.2, -0.15) is 9.97 Å². The van der Waals surface area contributed by atoms with Crippen molar-refractivity contribution in [2.45, 2.75) is 57.4 Å². The summed E-state index contributed by atoms with van der Waals surface area (Å²) in [6.07, 6.45) is -0.898. The zero-order valence-electron chi connectivity index (χ0n) is 18.2. The second-order valence-electron chi connectivity index (χ2n) is 8.13. The number of nitrogens with two attached hydrogens (primary N) is 1. The lowest BCUT2D eigenvalue weighted by molar-refractivity contribution is -0.105. The third-order valence-electron chi connectivity index (χ3n) is 4.52. The number of nitrogen functional groups attached to an aromatic ring is 1. The Balaban J connectivity index is 2.22. The summed E-state index contributed by atoms with van der Waals surface area (Å²) in [6.45, 7) is 4.88. The molecule has 0 bridgehead atoms. The maximum Gasteiger partial charge on any atom is 0.359 e. The van der Waals surface area contributed by atoms with Gasteiger partial charge in [-0.3, -0.25) is 9.13 Å². The first kappa shape index (κ1) is 25.4. The van der Waals surface area contributed by atoms with E-state index in [9.17, 15) is 24.8 Å². The molecule has 0 aliphatic heterocycles. The average molecular weight is 462 g/mol. The Bertz CT molecular complexity index is 945. The first-order chi connectivity index (χ1) is 14.2. The van der Waals surface area contributed by atoms with Gasteiger partial charge in [0.2, 0.25) is 5.95 Å². The van der Waals surface area contributed by atoms with E-state index >= 15 is 0 Å². The predicted molar refractivity (Wildman–Crippen MR) is 113 cm³/mol. The van der Waals surface area contributed by atoms with Gasteiger partial charge in [0.1, 0.15) is 6.10 Å². The molecule has 2 rings (SSSR count). The van der Waals surface area contributed by atoms with Gasteiger partial charge >= 0.3 is 7.60 Å². The summed E-state index contributed by atoms with van der Waals surface area (Å²) in [5.74, 6) is 0.369. The van der Waals surface area contributed by atoms with Crippen LogP contribution in [0.25, 0.3) is 11.2 Å². The first-order valence-electron chi connectivity index (χ1n) is 9.57. The van der Waals surface area contributed by atoms with Gasteiger partial charge < -0.3 is 40.5 Å². The molecule has 0 aliphatic carbocycles. The van der Waals surface area contributed by atoms with Crippen LogP contribution in [0.1, 0.15) is 40.3 Å². The lowest BCUT2D eigenvalue weighted by Gasteiger charge is -2.33. The summed E-state index contributed by atoms with van der Waals surface area (Å²) in [5, 5.41) is 30.6. The molecule has 0 saturated heterocycles. The molecule has 13 nitrogen and oxygen atoms in total. The number of hydrogen-bond acceptors (Lipinski definition) is 11. The highest BCUT2D eigenvalue weighted by Gasteiger charge is 2.43. The van der Waals surface area contributed by atoms with Gasteiger partial charge in [0.25, 0.3) is 0 Å². The van der Waals surface area contributed by atoms with Crippen molar-refractivity contribution in [1.82, 2.24) is 19.5 Å². The molecular formula is C17H31N6O7P. The van der Waals surface area contributed by atoms with Gasteiger partial charge in [0, 0.05) is 7.05 Å². The van der Waals surface area contributed by atoms with E-state index in [1.807, 2.05) is 0 Å². The highest BCUT2D eigenvalue weighted by atomic mass is 31.2. The zero-order valence-corrected chi connectivity index (χ0v) is 19.1. The Morgan fingerprint density at radius 3 is 2.52 bits per heavy atom. The van der Waals surface area contributed by atoms with Crippen LogP contribution in [0.3, 0.4) is 0 Å². The van der Waals surface area contributed by atoms with Gasteiger partial charge in [-0.05, 0) is 34.1 Å². The Labute approximate surface area is 179 Å². The summed E-state index contributed by atoms with van der Waals surface area (Å²) in [5.41, 5.74) is 5.29. The van der Waals surface area contributed by atoms with E-state index in [1.54, 1.807) is 20.9 Å². The van der Waals surface area contributed by atoms with Crippen LogP contribution in [-0.2, 0) is 13.8 Å². The number of nitrogens with zero attached hydrogens (tertiary/aromatic N) is 4. The van der Waals surface area contributed by atoms with E-state index in [1.165, 1.54) is 24.7 Å². The van der Waals surface area contributed by atoms with E-state index in [4.69, 9.17) is 15.0 Å². The van der Waals surface area contributed by atoms with Gasteiger partial charge in [-0.15, -0.1) is 0 Å². The maximum atomic E-state index is 12.3. The molecule has 3 atom stereocenters. The molecule has 0 aliphatic rings. The molecule has 0 spiro atoms. The monoisotopic (exact) mass is 462 g/mol. The molecule has 1 unspecified atom stereocenters. The van der Waals surface area contributed by atoms with Crippen molar-refractivity contribution < 1.29 is 34.0 Å². The SMILES string of the molecule is CNc1nc(N)nc2c1ncn2[C@H](OCCC(C)(C)OP(=O)(O)C(C)(C)O)[C@H](O)CO. The number of aliphatic hydroxyl groups excluding tert-OH is 2. The zero-order chi connectivity index (χ0) is 23.6. The molecule has 2 heterocycles. The lowest BCUT2D eigenvalue weighted by atomic mass is 10.1. The average Bonchev–Trinajstić information content (AvgIpc) is 3.05. The molecule has 0 radical (unpaired) electrons. The van der Waals surface area contributed by atoms with Crippen molar-refractivity contribution in [3.63, 3.8) is 0 Å². The van der Waals surface area contributed by atoms with E-state index in [0.717, 1.165) is 0 Å². The number of anilines is 2. The molecule has 0 fully saturated rings. The van der Waals surface area contributed by atoms with Gasteiger partial charge in [0.15, 0.2) is 28.6 Å². The second kappa shape index (κ2) is 9.33. The minimum absolute atomic E-state index is 0.0179. The van der Waals surface area contributed by atoms with Crippen LogP contribution in [0.5, 0.6) is 0 Å². The highest BCUT2D eigenvalue weighted by Crippen LogP contribution is 2.56. The number of rotatable bonds is 11. The van der Waals surface area contributed by atoms with Gasteiger partial charge in [-0.25, -0.2) is 4.98 Å². The van der Waals surface area contributed by atoms with Crippen molar-refractivity contribution in [2.24, 2.45) is 0 Å². The van der Waals surface area contributed by atoms with Crippen LogP contribution in [-0.4, -0.2) is 77.0 Å². The van der Waals surface area contributed by atoms with Crippen LogP contribution in [0.2, 0.25) is 0 Å². The number of aliphatic hydroxyl groups is 3. The third-order valence-corrected chi connectivity index (χ3v) is 6.65. The molecule has 2 aromatic heterocycles. The molecule has 176 valence electrons. The van der Waals surface area contributed by atoms with Crippen molar-refractivity contribution in [2.75, 3.05) is 31.3 Å². The normalized spacial score (nSPS) is 16.8. The molecule has 7 N–H and O–H groups in total. The fourth-order valence-electron chi connectivity index (χ4n) is 2.68. The number of imidazole rings is 1. The summed E-state index contributed by atoms with van der Waals surface area (Å²) in [7, 11) is -2.68. The van der Waals surface area contributed by atoms with Crippen LogP contribution < -0.4 is 11.1 Å². The fraction of sp³-hybridized carbons (Fsp3) is 0.706. The van der Waals surface area contributed by atoms with E-state index in [-0.39, 0.29) is 24.6 Å². The van der Waals surface area contributed by atoms with Crippen LogP contribution in [0.15, 0.2) is 6.33 Å².